The lowest BCUT2D eigenvalue weighted by Gasteiger charge is -2.15. The lowest BCUT2D eigenvalue weighted by Crippen LogP contribution is -2.25. The van der Waals surface area contributed by atoms with Crippen molar-refractivity contribution in [1.29, 1.82) is 0 Å². The molecule has 0 aromatic heterocycles. The maximum atomic E-state index is 12.3. The molecule has 0 fully saturated rings. The van der Waals surface area contributed by atoms with Gasteiger partial charge in [-0.2, -0.15) is 0 Å². The number of hydrogen-bond donors (Lipinski definition) is 1. The molecule has 1 amide bonds. The highest BCUT2D eigenvalue weighted by Gasteiger charge is 2.28. The zero-order valence-corrected chi connectivity index (χ0v) is 16.5. The van der Waals surface area contributed by atoms with Crippen LogP contribution < -0.4 is 14.8 Å². The minimum Gasteiger partial charge on any atom is -0.493 e. The van der Waals surface area contributed by atoms with Crippen LogP contribution in [0.15, 0.2) is 66.7 Å². The smallest absolute Gasteiger partial charge is 0.407 e. The molecule has 0 bridgehead atoms. The van der Waals surface area contributed by atoms with E-state index in [0.29, 0.717) is 24.7 Å². The van der Waals surface area contributed by atoms with Crippen molar-refractivity contribution in [2.24, 2.45) is 0 Å². The Kier molecular flexibility index (Phi) is 5.38. The molecule has 3 aromatic carbocycles. The van der Waals surface area contributed by atoms with Crippen LogP contribution in [0.2, 0.25) is 0 Å². The molecule has 0 spiro atoms. The monoisotopic (exact) mass is 389 g/mol. The number of methoxy groups -OCH3 is 2. The minimum absolute atomic E-state index is 0.0502. The van der Waals surface area contributed by atoms with E-state index in [2.05, 4.69) is 29.6 Å². The van der Waals surface area contributed by atoms with E-state index in [9.17, 15) is 4.79 Å². The Morgan fingerprint density at radius 2 is 1.48 bits per heavy atom. The molecule has 4 rings (SSSR count). The molecule has 1 N–H and O–H groups in total. The second-order valence-corrected chi connectivity index (χ2v) is 6.87. The minimum atomic E-state index is -0.443. The Morgan fingerprint density at radius 1 is 0.862 bits per heavy atom. The van der Waals surface area contributed by atoms with Gasteiger partial charge >= 0.3 is 6.09 Å². The third kappa shape index (κ3) is 3.76. The molecule has 148 valence electrons. The molecule has 5 nitrogen and oxygen atoms in total. The predicted molar refractivity (Wildman–Crippen MR) is 111 cm³/mol. The van der Waals surface area contributed by atoms with Crippen LogP contribution in [0.4, 0.5) is 4.79 Å². The highest BCUT2D eigenvalue weighted by Crippen LogP contribution is 2.44. The number of hydrogen-bond acceptors (Lipinski definition) is 4. The van der Waals surface area contributed by atoms with Crippen LogP contribution in [-0.2, 0) is 11.3 Å². The van der Waals surface area contributed by atoms with Crippen LogP contribution in [0.5, 0.6) is 11.5 Å². The molecule has 0 radical (unpaired) electrons. The number of ether oxygens (including phenoxy) is 3. The first-order valence-electron chi connectivity index (χ1n) is 9.51. The van der Waals surface area contributed by atoms with Gasteiger partial charge in [-0.3, -0.25) is 0 Å². The van der Waals surface area contributed by atoms with Crippen LogP contribution in [0, 0.1) is 0 Å². The topological polar surface area (TPSA) is 56.8 Å². The molecule has 5 heteroatoms. The molecular formula is C24H23NO4. The first kappa shape index (κ1) is 18.9. The summed E-state index contributed by atoms with van der Waals surface area (Å²) >= 11 is 0. The zero-order chi connectivity index (χ0) is 20.2. The third-order valence-corrected chi connectivity index (χ3v) is 5.23. The first-order chi connectivity index (χ1) is 14.2. The van der Waals surface area contributed by atoms with Gasteiger partial charge in [0.15, 0.2) is 11.5 Å². The molecule has 3 aromatic rings. The number of carbonyl (C=O) groups excluding carboxylic acids is 1. The third-order valence-electron chi connectivity index (χ3n) is 5.23. The van der Waals surface area contributed by atoms with Crippen LogP contribution in [0.3, 0.4) is 0 Å². The quantitative estimate of drug-likeness (QED) is 0.661. The van der Waals surface area contributed by atoms with Gasteiger partial charge in [0, 0.05) is 12.5 Å². The van der Waals surface area contributed by atoms with E-state index >= 15 is 0 Å². The second kappa shape index (κ2) is 8.27. The normalized spacial score (nSPS) is 12.1. The van der Waals surface area contributed by atoms with Crippen molar-refractivity contribution < 1.29 is 19.0 Å². The number of alkyl carbamates (subject to hydrolysis) is 1. The van der Waals surface area contributed by atoms with Gasteiger partial charge in [0.2, 0.25) is 0 Å². The molecule has 0 atom stereocenters. The summed E-state index contributed by atoms with van der Waals surface area (Å²) in [6, 6.07) is 22.1. The van der Waals surface area contributed by atoms with E-state index in [1.807, 2.05) is 42.5 Å². The summed E-state index contributed by atoms with van der Waals surface area (Å²) in [6.07, 6.45) is -0.443. The number of fused-ring (bicyclic) bond motifs is 3. The molecule has 0 unspecified atom stereocenters. The average molecular weight is 389 g/mol. The van der Waals surface area contributed by atoms with Gasteiger partial charge in [-0.05, 0) is 39.9 Å². The summed E-state index contributed by atoms with van der Waals surface area (Å²) in [7, 11) is 3.17. The fraction of sp³-hybridized carbons (Fsp3) is 0.208. The Bertz CT molecular complexity index is 985. The highest BCUT2D eigenvalue weighted by atomic mass is 16.5. The average Bonchev–Trinajstić information content (AvgIpc) is 3.09. The lowest BCUT2D eigenvalue weighted by atomic mass is 9.98. The fourth-order valence-electron chi connectivity index (χ4n) is 3.81. The van der Waals surface area contributed by atoms with Gasteiger partial charge in [0.05, 0.1) is 14.2 Å². The summed E-state index contributed by atoms with van der Waals surface area (Å²) < 4.78 is 16.1. The molecular weight excluding hydrogens is 366 g/mol. The number of rotatable bonds is 6. The summed E-state index contributed by atoms with van der Waals surface area (Å²) in [5, 5.41) is 2.80. The highest BCUT2D eigenvalue weighted by molar-refractivity contribution is 5.79. The van der Waals surface area contributed by atoms with E-state index in [4.69, 9.17) is 14.2 Å². The van der Waals surface area contributed by atoms with E-state index in [-0.39, 0.29) is 5.92 Å². The molecule has 29 heavy (non-hydrogen) atoms. The van der Waals surface area contributed by atoms with Gasteiger partial charge in [-0.1, -0.05) is 54.6 Å². The molecule has 0 aliphatic heterocycles. The molecule has 0 saturated carbocycles. The van der Waals surface area contributed by atoms with Crippen LogP contribution in [-0.4, -0.2) is 26.9 Å². The van der Waals surface area contributed by atoms with Crippen molar-refractivity contribution in [3.63, 3.8) is 0 Å². The summed E-state index contributed by atoms with van der Waals surface area (Å²) in [5.41, 5.74) is 5.71. The molecule has 0 saturated heterocycles. The fourth-order valence-corrected chi connectivity index (χ4v) is 3.81. The van der Waals surface area contributed by atoms with Gasteiger partial charge in [-0.25, -0.2) is 4.79 Å². The maximum absolute atomic E-state index is 12.3. The van der Waals surface area contributed by atoms with Gasteiger partial charge in [-0.15, -0.1) is 0 Å². The summed E-state index contributed by atoms with van der Waals surface area (Å²) in [6.45, 7) is 0.642. The van der Waals surface area contributed by atoms with Crippen LogP contribution in [0.25, 0.3) is 11.1 Å². The lowest BCUT2D eigenvalue weighted by molar-refractivity contribution is 0.142. The largest absolute Gasteiger partial charge is 0.493 e. The van der Waals surface area contributed by atoms with Crippen molar-refractivity contribution in [2.45, 2.75) is 12.5 Å². The van der Waals surface area contributed by atoms with E-state index in [0.717, 1.165) is 5.56 Å². The molecule has 1 aliphatic rings. The van der Waals surface area contributed by atoms with Crippen molar-refractivity contribution in [3.05, 3.63) is 83.4 Å². The van der Waals surface area contributed by atoms with Gasteiger partial charge in [0.25, 0.3) is 0 Å². The van der Waals surface area contributed by atoms with E-state index in [1.165, 1.54) is 22.3 Å². The Morgan fingerprint density at radius 3 is 2.10 bits per heavy atom. The standard InChI is InChI=1S/C24H23NO4/c1-27-22-12-11-16(13-23(22)28-2)14-25-24(26)29-15-21-19-9-5-3-7-17(19)18-8-4-6-10-20(18)21/h3-13,21H,14-15H2,1-2H3,(H,25,26). The van der Waals surface area contributed by atoms with Crippen molar-refractivity contribution >= 4 is 6.09 Å². The Hall–Kier alpha value is -3.47. The number of amides is 1. The number of benzene rings is 3. The van der Waals surface area contributed by atoms with Gasteiger partial charge in [0.1, 0.15) is 6.61 Å². The molecule has 0 heterocycles. The van der Waals surface area contributed by atoms with Crippen molar-refractivity contribution in [2.75, 3.05) is 20.8 Å². The van der Waals surface area contributed by atoms with E-state index < -0.39 is 6.09 Å². The number of carbonyl (C=O) groups is 1. The number of nitrogens with one attached hydrogen (secondary N) is 1. The maximum Gasteiger partial charge on any atom is 0.407 e. The summed E-state index contributed by atoms with van der Waals surface area (Å²) in [5.74, 6) is 1.32. The van der Waals surface area contributed by atoms with E-state index in [1.54, 1.807) is 14.2 Å². The Balaban J connectivity index is 1.39. The Labute approximate surface area is 170 Å². The summed E-state index contributed by atoms with van der Waals surface area (Å²) in [4.78, 5) is 12.3. The van der Waals surface area contributed by atoms with Crippen molar-refractivity contribution in [1.82, 2.24) is 5.32 Å². The van der Waals surface area contributed by atoms with Crippen LogP contribution in [0.1, 0.15) is 22.6 Å². The second-order valence-electron chi connectivity index (χ2n) is 6.87. The SMILES string of the molecule is COc1ccc(CNC(=O)OCC2c3ccccc3-c3ccccc32)cc1OC. The zero-order valence-electron chi connectivity index (χ0n) is 16.5. The van der Waals surface area contributed by atoms with Crippen LogP contribution >= 0.6 is 0 Å². The van der Waals surface area contributed by atoms with Gasteiger partial charge < -0.3 is 19.5 Å². The predicted octanol–water partition coefficient (Wildman–Crippen LogP) is 4.74. The first-order valence-corrected chi connectivity index (χ1v) is 9.51. The van der Waals surface area contributed by atoms with Crippen molar-refractivity contribution in [3.8, 4) is 22.6 Å². The molecule has 1 aliphatic carbocycles.